The van der Waals surface area contributed by atoms with Crippen LogP contribution in [-0.2, 0) is 17.1 Å². The zero-order valence-corrected chi connectivity index (χ0v) is 14.5. The second-order valence-corrected chi connectivity index (χ2v) is 8.01. The van der Waals surface area contributed by atoms with E-state index in [2.05, 4.69) is 10.0 Å². The highest BCUT2D eigenvalue weighted by atomic mass is 32.2. The van der Waals surface area contributed by atoms with Crippen molar-refractivity contribution in [1.82, 2.24) is 4.57 Å². The first kappa shape index (κ1) is 17.4. The van der Waals surface area contributed by atoms with E-state index >= 15 is 0 Å². The minimum atomic E-state index is -3.58. The van der Waals surface area contributed by atoms with Gasteiger partial charge in [0.2, 0.25) is 10.0 Å². The van der Waals surface area contributed by atoms with Crippen molar-refractivity contribution in [2.45, 2.75) is 25.0 Å². The summed E-state index contributed by atoms with van der Waals surface area (Å²) in [7, 11) is -2.14. The molecule has 0 unspecified atom stereocenters. The lowest BCUT2D eigenvalue weighted by Crippen LogP contribution is -2.25. The maximum absolute atomic E-state index is 13.9. The minimum absolute atomic E-state index is 0.0744. The van der Waals surface area contributed by atoms with E-state index in [1.165, 1.54) is 23.7 Å². The Bertz CT molecular complexity index is 998. The SMILES string of the molecule is Cc1cc(NS(=O)(=O)C2CC2)c(Nc2ccc(F)cc2F)n(C)c1=O. The van der Waals surface area contributed by atoms with Crippen LogP contribution in [0, 0.1) is 18.6 Å². The predicted octanol–water partition coefficient (Wildman–Crippen LogP) is 2.62. The number of sulfonamides is 1. The number of aryl methyl sites for hydroxylation is 1. The molecule has 0 bridgehead atoms. The third-order valence-corrected chi connectivity index (χ3v) is 5.85. The first-order valence-corrected chi connectivity index (χ1v) is 9.18. The molecule has 0 aliphatic heterocycles. The monoisotopic (exact) mass is 369 g/mol. The van der Waals surface area contributed by atoms with Gasteiger partial charge in [-0.1, -0.05) is 0 Å². The molecule has 134 valence electrons. The highest BCUT2D eigenvalue weighted by molar-refractivity contribution is 7.93. The number of hydrogen-bond acceptors (Lipinski definition) is 4. The van der Waals surface area contributed by atoms with Gasteiger partial charge in [-0.3, -0.25) is 14.1 Å². The molecule has 1 fully saturated rings. The number of nitrogens with zero attached hydrogens (tertiary/aromatic N) is 1. The fourth-order valence-corrected chi connectivity index (χ4v) is 3.84. The van der Waals surface area contributed by atoms with Crippen molar-refractivity contribution >= 4 is 27.2 Å². The molecule has 3 rings (SSSR count). The molecule has 1 heterocycles. The van der Waals surface area contributed by atoms with Crippen molar-refractivity contribution in [2.24, 2.45) is 7.05 Å². The van der Waals surface area contributed by atoms with Crippen molar-refractivity contribution in [3.63, 3.8) is 0 Å². The van der Waals surface area contributed by atoms with Crippen LogP contribution in [0.25, 0.3) is 0 Å². The quantitative estimate of drug-likeness (QED) is 0.849. The topological polar surface area (TPSA) is 80.2 Å². The molecule has 1 aromatic heterocycles. The average Bonchev–Trinajstić information content (AvgIpc) is 3.36. The molecule has 1 aromatic carbocycles. The number of pyridine rings is 1. The van der Waals surface area contributed by atoms with Crippen molar-refractivity contribution in [2.75, 3.05) is 10.0 Å². The lowest BCUT2D eigenvalue weighted by Gasteiger charge is -2.18. The van der Waals surface area contributed by atoms with Gasteiger partial charge in [0.1, 0.15) is 17.5 Å². The smallest absolute Gasteiger partial charge is 0.254 e. The maximum atomic E-state index is 13.9. The number of rotatable bonds is 5. The average molecular weight is 369 g/mol. The highest BCUT2D eigenvalue weighted by Crippen LogP contribution is 2.33. The summed E-state index contributed by atoms with van der Waals surface area (Å²) in [6.07, 6.45) is 1.16. The first-order valence-electron chi connectivity index (χ1n) is 7.63. The molecule has 0 saturated heterocycles. The number of nitrogens with one attached hydrogen (secondary N) is 2. The Morgan fingerprint density at radius 2 is 1.84 bits per heavy atom. The largest absolute Gasteiger partial charge is 0.337 e. The predicted molar refractivity (Wildman–Crippen MR) is 91.6 cm³/mol. The van der Waals surface area contributed by atoms with E-state index in [9.17, 15) is 22.0 Å². The highest BCUT2D eigenvalue weighted by Gasteiger charge is 2.36. The van der Waals surface area contributed by atoms with Crippen molar-refractivity contribution in [3.8, 4) is 0 Å². The molecule has 9 heteroatoms. The van der Waals surface area contributed by atoms with Crippen molar-refractivity contribution in [3.05, 3.63) is 51.8 Å². The molecule has 1 aliphatic rings. The second-order valence-electron chi connectivity index (χ2n) is 6.05. The zero-order chi connectivity index (χ0) is 18.4. The van der Waals surface area contributed by atoms with Gasteiger partial charge < -0.3 is 5.32 Å². The van der Waals surface area contributed by atoms with Crippen LogP contribution in [0.15, 0.2) is 29.1 Å². The van der Waals surface area contributed by atoms with Gasteiger partial charge in [-0.25, -0.2) is 17.2 Å². The molecular formula is C16H17F2N3O3S. The molecule has 6 nitrogen and oxygen atoms in total. The first-order chi connectivity index (χ1) is 11.7. The molecule has 2 N–H and O–H groups in total. The second kappa shape index (κ2) is 6.14. The van der Waals surface area contributed by atoms with E-state index in [1.54, 1.807) is 6.92 Å². The van der Waals surface area contributed by atoms with Crippen molar-refractivity contribution in [1.29, 1.82) is 0 Å². The Morgan fingerprint density at radius 3 is 2.44 bits per heavy atom. The summed E-state index contributed by atoms with van der Waals surface area (Å²) in [6, 6.07) is 4.33. The van der Waals surface area contributed by atoms with Gasteiger partial charge in [-0.05, 0) is 38.0 Å². The number of benzene rings is 1. The molecule has 1 aliphatic carbocycles. The van der Waals surface area contributed by atoms with Crippen LogP contribution in [0.1, 0.15) is 18.4 Å². The van der Waals surface area contributed by atoms with E-state index in [0.29, 0.717) is 24.5 Å². The number of hydrogen-bond donors (Lipinski definition) is 2. The Labute approximate surface area is 143 Å². The molecule has 0 radical (unpaired) electrons. The summed E-state index contributed by atoms with van der Waals surface area (Å²) in [6.45, 7) is 1.56. The van der Waals surface area contributed by atoms with Crippen molar-refractivity contribution < 1.29 is 17.2 Å². The Balaban J connectivity index is 2.07. The van der Waals surface area contributed by atoms with Crippen LogP contribution in [-0.4, -0.2) is 18.2 Å². The van der Waals surface area contributed by atoms with Gasteiger partial charge in [0.25, 0.3) is 5.56 Å². The normalized spacial score (nSPS) is 14.4. The molecule has 0 atom stereocenters. The van der Waals surface area contributed by atoms with E-state index in [-0.39, 0.29) is 22.8 Å². The lowest BCUT2D eigenvalue weighted by molar-refractivity contribution is 0.586. The molecule has 0 amide bonds. The van der Waals surface area contributed by atoms with Gasteiger partial charge in [-0.15, -0.1) is 0 Å². The Kier molecular flexibility index (Phi) is 4.28. The number of anilines is 3. The van der Waals surface area contributed by atoms with Crippen LogP contribution in [0.3, 0.4) is 0 Å². The van der Waals surface area contributed by atoms with E-state index in [4.69, 9.17) is 0 Å². The fraction of sp³-hybridized carbons (Fsp3) is 0.312. The minimum Gasteiger partial charge on any atom is -0.337 e. The summed E-state index contributed by atoms with van der Waals surface area (Å²) in [5.74, 6) is -1.52. The summed E-state index contributed by atoms with van der Waals surface area (Å²) in [5, 5.41) is 2.22. The number of halogens is 2. The third kappa shape index (κ3) is 3.51. The number of aromatic nitrogens is 1. The molecular weight excluding hydrogens is 352 g/mol. The summed E-state index contributed by atoms with van der Waals surface area (Å²) in [5.41, 5.74) is 0.0304. The van der Waals surface area contributed by atoms with Gasteiger partial charge in [0.15, 0.2) is 0 Å². The third-order valence-electron chi connectivity index (χ3n) is 3.99. The Hall–Kier alpha value is -2.42. The van der Waals surface area contributed by atoms with Crippen LogP contribution >= 0.6 is 0 Å². The van der Waals surface area contributed by atoms with Gasteiger partial charge >= 0.3 is 0 Å². The summed E-state index contributed by atoms with van der Waals surface area (Å²) >= 11 is 0. The van der Waals surface area contributed by atoms with Gasteiger partial charge in [-0.2, -0.15) is 0 Å². The standard InChI is InChI=1S/C16H17F2N3O3S/c1-9-7-14(20-25(23,24)11-4-5-11)15(21(2)16(9)22)19-13-6-3-10(17)8-12(13)18/h3,6-8,11,19-20H,4-5H2,1-2H3. The van der Waals surface area contributed by atoms with E-state index in [1.807, 2.05) is 0 Å². The summed E-state index contributed by atoms with van der Waals surface area (Å²) in [4.78, 5) is 12.2. The van der Waals surface area contributed by atoms with E-state index < -0.39 is 26.9 Å². The molecule has 0 spiro atoms. The van der Waals surface area contributed by atoms with Gasteiger partial charge in [0, 0.05) is 18.7 Å². The lowest BCUT2D eigenvalue weighted by atomic mass is 10.2. The molecule has 25 heavy (non-hydrogen) atoms. The van der Waals surface area contributed by atoms with E-state index in [0.717, 1.165) is 6.07 Å². The van der Waals surface area contributed by atoms with Crippen LogP contribution in [0.4, 0.5) is 26.0 Å². The Morgan fingerprint density at radius 1 is 1.16 bits per heavy atom. The van der Waals surface area contributed by atoms with Gasteiger partial charge in [0.05, 0.1) is 16.6 Å². The fourth-order valence-electron chi connectivity index (χ4n) is 2.46. The molecule has 1 saturated carbocycles. The molecule has 2 aromatic rings. The van der Waals surface area contributed by atoms with Crippen LogP contribution in [0.2, 0.25) is 0 Å². The van der Waals surface area contributed by atoms with Crippen LogP contribution in [0.5, 0.6) is 0 Å². The zero-order valence-electron chi connectivity index (χ0n) is 13.6. The summed E-state index contributed by atoms with van der Waals surface area (Å²) < 4.78 is 55.1. The maximum Gasteiger partial charge on any atom is 0.254 e. The van der Waals surface area contributed by atoms with Crippen LogP contribution < -0.4 is 15.6 Å².